The van der Waals surface area contributed by atoms with E-state index < -0.39 is 5.82 Å². The average molecular weight is 338 g/mol. The molecule has 1 aliphatic rings. The van der Waals surface area contributed by atoms with Crippen LogP contribution in [0.25, 0.3) is 5.69 Å². The van der Waals surface area contributed by atoms with E-state index in [1.165, 1.54) is 6.07 Å². The molecule has 1 saturated heterocycles. The number of aromatic nitrogens is 3. The first-order valence-corrected chi connectivity index (χ1v) is 8.43. The first kappa shape index (κ1) is 15.6. The Balaban J connectivity index is 1.54. The smallest absolute Gasteiger partial charge is 0.254 e. The van der Waals surface area contributed by atoms with E-state index in [0.717, 1.165) is 12.8 Å². The molecule has 1 aromatic carbocycles. The predicted molar refractivity (Wildman–Crippen MR) is 92.0 cm³/mol. The number of carbonyl (C=O) groups excluding carboxylic acids is 1. The Morgan fingerprint density at radius 1 is 1.20 bits per heavy atom. The molecule has 4 rings (SSSR count). The monoisotopic (exact) mass is 338 g/mol. The predicted octanol–water partition coefficient (Wildman–Crippen LogP) is 3.12. The van der Waals surface area contributed by atoms with E-state index in [4.69, 9.17) is 0 Å². The first-order valence-electron chi connectivity index (χ1n) is 8.43. The van der Waals surface area contributed by atoms with Gasteiger partial charge in [0.05, 0.1) is 18.3 Å². The lowest BCUT2D eigenvalue weighted by atomic mass is 10.1. The van der Waals surface area contributed by atoms with Crippen LogP contribution in [0, 0.1) is 5.82 Å². The Morgan fingerprint density at radius 2 is 2.04 bits per heavy atom. The van der Waals surface area contributed by atoms with E-state index in [0.29, 0.717) is 24.3 Å². The Bertz CT molecular complexity index is 858. The number of amides is 1. The molecule has 0 N–H and O–H groups in total. The van der Waals surface area contributed by atoms with Gasteiger partial charge in [-0.25, -0.2) is 4.39 Å². The molecule has 1 atom stereocenters. The summed E-state index contributed by atoms with van der Waals surface area (Å²) in [5.41, 5.74) is 0.830. The molecule has 5 nitrogen and oxygen atoms in total. The summed E-state index contributed by atoms with van der Waals surface area (Å²) in [6, 6.07) is 10.3. The lowest BCUT2D eigenvalue weighted by Gasteiger charge is -2.25. The fourth-order valence-corrected chi connectivity index (χ4v) is 3.43. The fraction of sp³-hybridized carbons (Fsp3) is 0.263. The highest BCUT2D eigenvalue weighted by molar-refractivity contribution is 5.94. The summed E-state index contributed by atoms with van der Waals surface area (Å²) >= 11 is 0. The Labute approximate surface area is 145 Å². The van der Waals surface area contributed by atoms with E-state index in [2.05, 4.69) is 5.10 Å². The summed E-state index contributed by atoms with van der Waals surface area (Å²) in [6.45, 7) is 1.37. The van der Waals surface area contributed by atoms with E-state index in [1.54, 1.807) is 35.3 Å². The Hall–Kier alpha value is -2.89. The second kappa shape index (κ2) is 6.55. The minimum atomic E-state index is -0.398. The summed E-state index contributed by atoms with van der Waals surface area (Å²) < 4.78 is 18.0. The quantitative estimate of drug-likeness (QED) is 0.733. The highest BCUT2D eigenvalue weighted by atomic mass is 19.1. The molecule has 0 radical (unpaired) electrons. The summed E-state index contributed by atoms with van der Waals surface area (Å²) in [7, 11) is 0. The van der Waals surface area contributed by atoms with E-state index in [1.807, 2.05) is 34.0 Å². The van der Waals surface area contributed by atoms with Crippen LogP contribution in [0.1, 0.15) is 23.2 Å². The third-order valence-corrected chi connectivity index (χ3v) is 4.67. The molecule has 0 bridgehead atoms. The van der Waals surface area contributed by atoms with Gasteiger partial charge in [0, 0.05) is 36.9 Å². The van der Waals surface area contributed by atoms with Gasteiger partial charge in [-0.1, -0.05) is 0 Å². The number of likely N-dealkylation sites (tertiary alicyclic amines) is 1. The molecule has 25 heavy (non-hydrogen) atoms. The van der Waals surface area contributed by atoms with Crippen molar-refractivity contribution in [1.29, 1.82) is 0 Å². The van der Waals surface area contributed by atoms with Gasteiger partial charge in [-0.3, -0.25) is 9.48 Å². The molecule has 0 saturated carbocycles. The van der Waals surface area contributed by atoms with Crippen LogP contribution >= 0.6 is 0 Å². The molecule has 1 fully saturated rings. The van der Waals surface area contributed by atoms with E-state index in [-0.39, 0.29) is 11.9 Å². The normalized spacial score (nSPS) is 17.2. The van der Waals surface area contributed by atoms with Gasteiger partial charge < -0.3 is 9.47 Å². The van der Waals surface area contributed by atoms with Crippen LogP contribution in [0.2, 0.25) is 0 Å². The van der Waals surface area contributed by atoms with Crippen LogP contribution in [0.3, 0.4) is 0 Å². The van der Waals surface area contributed by atoms with Crippen LogP contribution in [0.15, 0.2) is 61.2 Å². The maximum Gasteiger partial charge on any atom is 0.254 e. The van der Waals surface area contributed by atoms with Crippen molar-refractivity contribution in [2.75, 3.05) is 6.54 Å². The van der Waals surface area contributed by atoms with Gasteiger partial charge >= 0.3 is 0 Å². The maximum absolute atomic E-state index is 14.5. The highest BCUT2D eigenvalue weighted by Gasteiger charge is 2.30. The Kier molecular flexibility index (Phi) is 4.09. The van der Waals surface area contributed by atoms with Crippen molar-refractivity contribution in [3.05, 3.63) is 72.6 Å². The number of rotatable bonds is 4. The van der Waals surface area contributed by atoms with Crippen LogP contribution in [-0.2, 0) is 6.54 Å². The summed E-state index contributed by atoms with van der Waals surface area (Å²) in [4.78, 5) is 14.7. The molecule has 0 aliphatic carbocycles. The van der Waals surface area contributed by atoms with Crippen molar-refractivity contribution in [2.45, 2.75) is 25.4 Å². The second-order valence-electron chi connectivity index (χ2n) is 6.28. The third kappa shape index (κ3) is 3.07. The molecule has 0 spiro atoms. The van der Waals surface area contributed by atoms with Crippen LogP contribution in [0.5, 0.6) is 0 Å². The number of nitrogens with zero attached hydrogens (tertiary/aromatic N) is 4. The van der Waals surface area contributed by atoms with E-state index in [9.17, 15) is 9.18 Å². The minimum absolute atomic E-state index is 0.0968. The third-order valence-electron chi connectivity index (χ3n) is 4.67. The van der Waals surface area contributed by atoms with Gasteiger partial charge in [0.2, 0.25) is 0 Å². The molecule has 6 heteroatoms. The first-order chi connectivity index (χ1) is 12.2. The second-order valence-corrected chi connectivity index (χ2v) is 6.28. The molecule has 1 unspecified atom stereocenters. The molecule has 1 amide bonds. The van der Waals surface area contributed by atoms with Gasteiger partial charge in [0.25, 0.3) is 5.91 Å². The fourth-order valence-electron chi connectivity index (χ4n) is 3.43. The van der Waals surface area contributed by atoms with Crippen molar-refractivity contribution in [1.82, 2.24) is 19.2 Å². The molecule has 128 valence electrons. The molecular weight excluding hydrogens is 319 g/mol. The number of hydrogen-bond donors (Lipinski definition) is 0. The summed E-state index contributed by atoms with van der Waals surface area (Å²) in [5, 5.41) is 4.22. The van der Waals surface area contributed by atoms with Gasteiger partial charge in [-0.15, -0.1) is 0 Å². The number of hydrogen-bond acceptors (Lipinski definition) is 2. The van der Waals surface area contributed by atoms with Crippen LogP contribution in [0.4, 0.5) is 4.39 Å². The van der Waals surface area contributed by atoms with Crippen molar-refractivity contribution in [3.8, 4) is 5.69 Å². The summed E-state index contributed by atoms with van der Waals surface area (Å²) in [5.74, 6) is -0.516. The molecule has 3 aromatic rings. The SMILES string of the molecule is O=C(c1ccc(-n2cccc2)c(F)c1)N1CCCC1Cn1cccn1. The Morgan fingerprint density at radius 3 is 2.76 bits per heavy atom. The lowest BCUT2D eigenvalue weighted by molar-refractivity contribution is 0.0721. The van der Waals surface area contributed by atoms with Gasteiger partial charge in [0.15, 0.2) is 0 Å². The number of benzene rings is 1. The zero-order valence-corrected chi connectivity index (χ0v) is 13.8. The zero-order chi connectivity index (χ0) is 17.2. The molecule has 1 aliphatic heterocycles. The van der Waals surface area contributed by atoms with Gasteiger partial charge in [-0.05, 0) is 49.2 Å². The van der Waals surface area contributed by atoms with Crippen molar-refractivity contribution < 1.29 is 9.18 Å². The average Bonchev–Trinajstić information content (AvgIpc) is 3.37. The van der Waals surface area contributed by atoms with Crippen LogP contribution < -0.4 is 0 Å². The van der Waals surface area contributed by atoms with Crippen molar-refractivity contribution >= 4 is 5.91 Å². The van der Waals surface area contributed by atoms with Crippen LogP contribution in [-0.4, -0.2) is 37.7 Å². The standard InChI is InChI=1S/C19H19FN4O/c20-17-13-15(6-7-18(17)22-9-1-2-10-22)19(25)24-12-3-5-16(24)14-23-11-4-8-21-23/h1-2,4,6-11,13,16H,3,5,12,14H2. The number of carbonyl (C=O) groups is 1. The minimum Gasteiger partial charge on any atom is -0.334 e. The summed E-state index contributed by atoms with van der Waals surface area (Å²) in [6.07, 6.45) is 9.08. The molecular formula is C19H19FN4O. The molecule has 3 heterocycles. The number of halogens is 1. The lowest BCUT2D eigenvalue weighted by Crippen LogP contribution is -2.38. The topological polar surface area (TPSA) is 43.1 Å². The van der Waals surface area contributed by atoms with Gasteiger partial charge in [0.1, 0.15) is 5.82 Å². The van der Waals surface area contributed by atoms with Crippen molar-refractivity contribution in [3.63, 3.8) is 0 Å². The largest absolute Gasteiger partial charge is 0.334 e. The molecule has 2 aromatic heterocycles. The highest BCUT2D eigenvalue weighted by Crippen LogP contribution is 2.23. The van der Waals surface area contributed by atoms with E-state index >= 15 is 0 Å². The van der Waals surface area contributed by atoms with Crippen molar-refractivity contribution in [2.24, 2.45) is 0 Å². The maximum atomic E-state index is 14.5. The zero-order valence-electron chi connectivity index (χ0n) is 13.8. The van der Waals surface area contributed by atoms with Gasteiger partial charge in [-0.2, -0.15) is 5.10 Å².